The summed E-state index contributed by atoms with van der Waals surface area (Å²) < 4.78 is 27.3. The molecule has 11 heteroatoms. The first kappa shape index (κ1) is 30.6. The number of ketones is 2. The van der Waals surface area contributed by atoms with Gasteiger partial charge in [-0.3, -0.25) is 9.59 Å². The van der Waals surface area contributed by atoms with E-state index < -0.39 is 51.8 Å². The zero-order valence-electron chi connectivity index (χ0n) is 25.0. The molecule has 11 nitrogen and oxygen atoms in total. The molecule has 0 aromatic heterocycles. The largest absolute Gasteiger partial charge is 0.507 e. The zero-order valence-corrected chi connectivity index (χ0v) is 25.0. The van der Waals surface area contributed by atoms with Crippen molar-refractivity contribution in [3.63, 3.8) is 0 Å². The van der Waals surface area contributed by atoms with Gasteiger partial charge in [0, 0.05) is 11.6 Å². The Morgan fingerprint density at radius 1 is 0.867 bits per heavy atom. The molecule has 0 radical (unpaired) electrons. The standard InChI is InChI=1S/C34H28O11/c1-16-28(36)25(17(2)35)30-27(29(16)37)34(4)24(45-30)15-23(44-33(40)20-9-13-22(42-6)14-10-20)26(31(34)38)18(3)43-32(39)19-7-11-21(41-5)12-8-19/h7-15,36-37H,3H2,1-2,4-6H3/t34-/m0/s1. The van der Waals surface area contributed by atoms with Crippen LogP contribution < -0.4 is 14.2 Å². The Hall–Kier alpha value is -5.84. The van der Waals surface area contributed by atoms with E-state index in [4.69, 9.17) is 23.7 Å². The molecule has 5 rings (SSSR count). The molecule has 230 valence electrons. The zero-order chi connectivity index (χ0) is 32.8. The van der Waals surface area contributed by atoms with Crippen molar-refractivity contribution in [3.8, 4) is 28.7 Å². The number of hydrogen-bond acceptors (Lipinski definition) is 11. The van der Waals surface area contributed by atoms with Gasteiger partial charge >= 0.3 is 11.9 Å². The first-order chi connectivity index (χ1) is 21.3. The van der Waals surface area contributed by atoms with Crippen molar-refractivity contribution < 1.29 is 53.1 Å². The Bertz CT molecular complexity index is 1860. The third-order valence-electron chi connectivity index (χ3n) is 7.73. The second-order valence-corrected chi connectivity index (χ2v) is 10.4. The van der Waals surface area contributed by atoms with E-state index >= 15 is 0 Å². The number of carbonyl (C=O) groups excluding carboxylic acids is 4. The molecular formula is C34H28O11. The number of hydrogen-bond donors (Lipinski definition) is 2. The Balaban J connectivity index is 1.62. The highest BCUT2D eigenvalue weighted by Crippen LogP contribution is 2.58. The van der Waals surface area contributed by atoms with Crippen LogP contribution in [0.4, 0.5) is 0 Å². The van der Waals surface area contributed by atoms with E-state index in [1.54, 1.807) is 24.3 Å². The lowest BCUT2D eigenvalue weighted by molar-refractivity contribution is -0.119. The van der Waals surface area contributed by atoms with Crippen molar-refractivity contribution in [2.24, 2.45) is 0 Å². The summed E-state index contributed by atoms with van der Waals surface area (Å²) in [5, 5.41) is 21.8. The Morgan fingerprint density at radius 2 is 1.40 bits per heavy atom. The van der Waals surface area contributed by atoms with Gasteiger partial charge in [0.1, 0.15) is 62.6 Å². The molecule has 45 heavy (non-hydrogen) atoms. The van der Waals surface area contributed by atoms with Crippen molar-refractivity contribution in [1.82, 2.24) is 0 Å². The van der Waals surface area contributed by atoms with Gasteiger partial charge in [-0.1, -0.05) is 6.58 Å². The van der Waals surface area contributed by atoms with Crippen LogP contribution in [0.2, 0.25) is 0 Å². The van der Waals surface area contributed by atoms with Crippen molar-refractivity contribution in [1.29, 1.82) is 0 Å². The van der Waals surface area contributed by atoms with E-state index in [1.807, 2.05) is 0 Å². The number of esters is 2. The summed E-state index contributed by atoms with van der Waals surface area (Å²) in [6.07, 6.45) is 1.22. The number of benzene rings is 3. The van der Waals surface area contributed by atoms with Crippen molar-refractivity contribution >= 4 is 23.5 Å². The fraction of sp³-hybridized carbons (Fsp3) is 0.176. The van der Waals surface area contributed by atoms with Crippen molar-refractivity contribution in [2.45, 2.75) is 26.2 Å². The maximum Gasteiger partial charge on any atom is 0.343 e. The van der Waals surface area contributed by atoms with Crippen LogP contribution in [0.15, 0.2) is 84.0 Å². The first-order valence-corrected chi connectivity index (χ1v) is 13.5. The molecular weight excluding hydrogens is 584 g/mol. The van der Waals surface area contributed by atoms with Crippen LogP contribution in [0.25, 0.3) is 0 Å². The number of carbonyl (C=O) groups is 4. The Kier molecular flexibility index (Phi) is 7.72. The van der Waals surface area contributed by atoms with E-state index in [2.05, 4.69) is 6.58 Å². The van der Waals surface area contributed by atoms with Crippen LogP contribution in [-0.4, -0.2) is 47.9 Å². The van der Waals surface area contributed by atoms with Gasteiger partial charge in [-0.2, -0.15) is 0 Å². The summed E-state index contributed by atoms with van der Waals surface area (Å²) in [5.41, 5.74) is -2.36. The number of fused-ring (bicyclic) bond motifs is 3. The van der Waals surface area contributed by atoms with Gasteiger partial charge in [0.2, 0.25) is 0 Å². The molecule has 0 amide bonds. The van der Waals surface area contributed by atoms with Crippen LogP contribution in [-0.2, 0) is 19.7 Å². The molecule has 0 unspecified atom stereocenters. The van der Waals surface area contributed by atoms with E-state index in [-0.39, 0.29) is 45.1 Å². The minimum absolute atomic E-state index is 0.0511. The maximum absolute atomic E-state index is 14.5. The lowest BCUT2D eigenvalue weighted by atomic mass is 9.71. The quantitative estimate of drug-likeness (QED) is 0.195. The van der Waals surface area contributed by atoms with Crippen LogP contribution in [0.1, 0.15) is 56.0 Å². The predicted molar refractivity (Wildman–Crippen MR) is 159 cm³/mol. The lowest BCUT2D eigenvalue weighted by Crippen LogP contribution is -2.38. The number of methoxy groups -OCH3 is 2. The normalized spacial score (nSPS) is 16.6. The van der Waals surface area contributed by atoms with Gasteiger partial charge in [-0.15, -0.1) is 0 Å². The number of phenolic OH excluding ortho intramolecular Hbond substituents is 2. The van der Waals surface area contributed by atoms with Crippen LogP contribution >= 0.6 is 0 Å². The summed E-state index contributed by atoms with van der Waals surface area (Å²) in [6.45, 7) is 7.80. The van der Waals surface area contributed by atoms with Gasteiger partial charge < -0.3 is 33.9 Å². The van der Waals surface area contributed by atoms with Gasteiger partial charge in [0.05, 0.1) is 30.9 Å². The predicted octanol–water partition coefficient (Wildman–Crippen LogP) is 5.22. The summed E-state index contributed by atoms with van der Waals surface area (Å²) in [5.74, 6) is -4.29. The number of Topliss-reactive ketones (excluding diaryl/α,β-unsaturated/α-hetero) is 2. The van der Waals surface area contributed by atoms with Gasteiger partial charge in [0.25, 0.3) is 0 Å². The highest BCUT2D eigenvalue weighted by atomic mass is 16.6. The number of ether oxygens (including phenoxy) is 5. The highest BCUT2D eigenvalue weighted by Gasteiger charge is 2.56. The van der Waals surface area contributed by atoms with E-state index in [9.17, 15) is 29.4 Å². The molecule has 1 aliphatic heterocycles. The molecule has 0 spiro atoms. The second-order valence-electron chi connectivity index (χ2n) is 10.4. The molecule has 3 aromatic rings. The Morgan fingerprint density at radius 3 is 1.91 bits per heavy atom. The topological polar surface area (TPSA) is 155 Å². The molecule has 1 aliphatic carbocycles. The third-order valence-corrected chi connectivity index (χ3v) is 7.73. The molecule has 2 aliphatic rings. The Labute approximate surface area is 257 Å². The fourth-order valence-corrected chi connectivity index (χ4v) is 5.19. The number of rotatable bonds is 8. The van der Waals surface area contributed by atoms with Crippen LogP contribution in [0.5, 0.6) is 28.7 Å². The van der Waals surface area contributed by atoms with Gasteiger partial charge in [-0.05, 0) is 69.3 Å². The SMILES string of the molecule is C=C(OC(=O)c1ccc(OC)cc1)C1=C(OC(=O)c2ccc(OC)cc2)C=C2Oc3c(C(C)=O)c(O)c(C)c(O)c3[C@@]2(C)C1=O. The number of aromatic hydroxyl groups is 2. The maximum atomic E-state index is 14.5. The lowest BCUT2D eigenvalue weighted by Gasteiger charge is -2.30. The third kappa shape index (κ3) is 4.97. The molecule has 0 saturated heterocycles. The first-order valence-electron chi connectivity index (χ1n) is 13.5. The molecule has 0 fully saturated rings. The molecule has 2 N–H and O–H groups in total. The number of phenols is 2. The van der Waals surface area contributed by atoms with Gasteiger partial charge in [0.15, 0.2) is 11.6 Å². The van der Waals surface area contributed by atoms with Crippen LogP contribution in [0, 0.1) is 6.92 Å². The fourth-order valence-electron chi connectivity index (χ4n) is 5.19. The smallest absolute Gasteiger partial charge is 0.343 e. The van der Waals surface area contributed by atoms with E-state index in [0.29, 0.717) is 11.5 Å². The van der Waals surface area contributed by atoms with Crippen LogP contribution in [0.3, 0.4) is 0 Å². The summed E-state index contributed by atoms with van der Waals surface area (Å²) in [4.78, 5) is 53.3. The summed E-state index contributed by atoms with van der Waals surface area (Å²) in [6, 6.07) is 12.0. The molecule has 0 saturated carbocycles. The summed E-state index contributed by atoms with van der Waals surface area (Å²) >= 11 is 0. The van der Waals surface area contributed by atoms with Gasteiger partial charge in [-0.25, -0.2) is 9.59 Å². The van der Waals surface area contributed by atoms with E-state index in [0.717, 1.165) is 0 Å². The average molecular weight is 613 g/mol. The molecule has 1 heterocycles. The van der Waals surface area contributed by atoms with Crippen molar-refractivity contribution in [3.05, 3.63) is 112 Å². The monoisotopic (exact) mass is 612 g/mol. The number of allylic oxidation sites excluding steroid dienone is 3. The highest BCUT2D eigenvalue weighted by molar-refractivity contribution is 6.13. The molecule has 3 aromatic carbocycles. The average Bonchev–Trinajstić information content (AvgIpc) is 3.32. The minimum atomic E-state index is -1.80. The molecule has 1 atom stereocenters. The second kappa shape index (κ2) is 11.3. The van der Waals surface area contributed by atoms with E-state index in [1.165, 1.54) is 65.3 Å². The molecule has 0 bridgehead atoms. The van der Waals surface area contributed by atoms with Crippen molar-refractivity contribution in [2.75, 3.05) is 14.2 Å². The summed E-state index contributed by atoms with van der Waals surface area (Å²) in [7, 11) is 2.94. The minimum Gasteiger partial charge on any atom is -0.507 e.